The highest BCUT2D eigenvalue weighted by Crippen LogP contribution is 2.17. The van der Waals surface area contributed by atoms with Gasteiger partial charge in [-0.3, -0.25) is 4.79 Å². The molecule has 0 unspecified atom stereocenters. The Morgan fingerprint density at radius 2 is 1.80 bits per heavy atom. The lowest BCUT2D eigenvalue weighted by Gasteiger charge is -2.09. The maximum atomic E-state index is 12.3. The lowest BCUT2D eigenvalue weighted by atomic mass is 10.1. The number of ketones is 1. The molecule has 4 heteroatoms. The number of hydrogen-bond acceptors (Lipinski definition) is 4. The molecule has 104 valence electrons. The summed E-state index contributed by atoms with van der Waals surface area (Å²) in [6, 6.07) is 12.2. The minimum absolute atomic E-state index is 0.108. The molecule has 0 saturated heterocycles. The average Bonchev–Trinajstić information content (AvgIpc) is 2.47. The van der Waals surface area contributed by atoms with Gasteiger partial charge in [0.05, 0.1) is 13.2 Å². The molecule has 1 heterocycles. The molecule has 0 amide bonds. The lowest BCUT2D eigenvalue weighted by molar-refractivity contribution is 0.103. The predicted molar refractivity (Wildman–Crippen MR) is 76.4 cm³/mol. The molecular weight excluding hydrogens is 254 g/mol. The number of carbonyl (C=O) groups excluding carboxylic acids is 1. The van der Waals surface area contributed by atoms with Gasteiger partial charge >= 0.3 is 0 Å². The Morgan fingerprint density at radius 3 is 2.40 bits per heavy atom. The van der Waals surface area contributed by atoms with Crippen LogP contribution in [0, 0.1) is 0 Å². The minimum Gasteiger partial charge on any atom is -0.491 e. The molecule has 20 heavy (non-hydrogen) atoms. The molecule has 0 aliphatic carbocycles. The van der Waals surface area contributed by atoms with E-state index in [9.17, 15) is 4.79 Å². The number of benzene rings is 1. The van der Waals surface area contributed by atoms with Crippen molar-refractivity contribution in [3.63, 3.8) is 0 Å². The van der Waals surface area contributed by atoms with Crippen molar-refractivity contribution in [2.24, 2.45) is 0 Å². The number of rotatable bonds is 5. The van der Waals surface area contributed by atoms with Gasteiger partial charge in [-0.25, -0.2) is 4.98 Å². The van der Waals surface area contributed by atoms with Crippen molar-refractivity contribution in [2.75, 3.05) is 7.11 Å². The summed E-state index contributed by atoms with van der Waals surface area (Å²) in [4.78, 5) is 16.4. The summed E-state index contributed by atoms with van der Waals surface area (Å²) in [5.41, 5.74) is 0.934. The zero-order valence-corrected chi connectivity index (χ0v) is 11.8. The molecule has 2 rings (SSSR count). The fourth-order valence-electron chi connectivity index (χ4n) is 1.76. The normalized spacial score (nSPS) is 10.4. The Balaban J connectivity index is 2.20. The Hall–Kier alpha value is -2.36. The van der Waals surface area contributed by atoms with E-state index in [1.807, 2.05) is 13.8 Å². The Labute approximate surface area is 118 Å². The first-order valence-corrected chi connectivity index (χ1v) is 6.42. The van der Waals surface area contributed by atoms with Gasteiger partial charge < -0.3 is 9.47 Å². The van der Waals surface area contributed by atoms with Crippen LogP contribution in [0.15, 0.2) is 42.5 Å². The van der Waals surface area contributed by atoms with Crippen molar-refractivity contribution in [1.29, 1.82) is 0 Å². The zero-order valence-electron chi connectivity index (χ0n) is 11.8. The van der Waals surface area contributed by atoms with Crippen LogP contribution in [0.5, 0.6) is 11.6 Å². The van der Waals surface area contributed by atoms with E-state index >= 15 is 0 Å². The molecule has 1 aromatic carbocycles. The molecule has 1 aromatic heterocycles. The molecule has 0 atom stereocenters. The number of methoxy groups -OCH3 is 1. The second-order valence-corrected chi connectivity index (χ2v) is 4.59. The first kappa shape index (κ1) is 14.1. The maximum Gasteiger partial charge on any atom is 0.213 e. The van der Waals surface area contributed by atoms with E-state index in [-0.39, 0.29) is 11.9 Å². The molecule has 0 N–H and O–H groups in total. The lowest BCUT2D eigenvalue weighted by Crippen LogP contribution is -2.07. The van der Waals surface area contributed by atoms with Crippen molar-refractivity contribution in [3.8, 4) is 11.6 Å². The summed E-state index contributed by atoms with van der Waals surface area (Å²) in [6.45, 7) is 3.92. The summed E-state index contributed by atoms with van der Waals surface area (Å²) in [7, 11) is 1.52. The third-order valence-electron chi connectivity index (χ3n) is 2.65. The summed E-state index contributed by atoms with van der Waals surface area (Å²) in [5.74, 6) is 1.03. The summed E-state index contributed by atoms with van der Waals surface area (Å²) in [6.07, 6.45) is 0.108. The molecule has 0 aliphatic heterocycles. The second kappa shape index (κ2) is 6.19. The van der Waals surface area contributed by atoms with Crippen LogP contribution in [-0.2, 0) is 0 Å². The molecule has 0 fully saturated rings. The number of nitrogens with zero attached hydrogens (tertiary/aromatic N) is 1. The van der Waals surface area contributed by atoms with Crippen LogP contribution in [0.4, 0.5) is 0 Å². The Morgan fingerprint density at radius 1 is 1.10 bits per heavy atom. The van der Waals surface area contributed by atoms with Crippen molar-refractivity contribution in [1.82, 2.24) is 4.98 Å². The molecule has 0 saturated carbocycles. The molecule has 4 nitrogen and oxygen atoms in total. The standard InChI is InChI=1S/C16H17NO3/c1-11(2)20-13-9-7-12(8-10-13)16(18)14-5-4-6-15(17-14)19-3/h4-11H,1-3H3. The van der Waals surface area contributed by atoms with Crippen LogP contribution in [0.2, 0.25) is 0 Å². The van der Waals surface area contributed by atoms with Gasteiger partial charge in [0.2, 0.25) is 11.7 Å². The van der Waals surface area contributed by atoms with E-state index < -0.39 is 0 Å². The number of pyridine rings is 1. The van der Waals surface area contributed by atoms with Crippen molar-refractivity contribution in [2.45, 2.75) is 20.0 Å². The van der Waals surface area contributed by atoms with Crippen LogP contribution >= 0.6 is 0 Å². The van der Waals surface area contributed by atoms with E-state index in [1.54, 1.807) is 42.5 Å². The summed E-state index contributed by atoms with van der Waals surface area (Å²) < 4.78 is 10.6. The molecule has 0 bridgehead atoms. The smallest absolute Gasteiger partial charge is 0.213 e. The van der Waals surface area contributed by atoms with Crippen molar-refractivity contribution in [3.05, 3.63) is 53.7 Å². The Kier molecular flexibility index (Phi) is 4.35. The number of ether oxygens (including phenoxy) is 2. The monoisotopic (exact) mass is 271 g/mol. The van der Waals surface area contributed by atoms with Gasteiger partial charge in [0.1, 0.15) is 11.4 Å². The fraction of sp³-hybridized carbons (Fsp3) is 0.250. The molecular formula is C16H17NO3. The third kappa shape index (κ3) is 3.35. The van der Waals surface area contributed by atoms with Crippen molar-refractivity contribution >= 4 is 5.78 Å². The largest absolute Gasteiger partial charge is 0.491 e. The predicted octanol–water partition coefficient (Wildman–Crippen LogP) is 3.11. The van der Waals surface area contributed by atoms with Crippen molar-refractivity contribution < 1.29 is 14.3 Å². The highest BCUT2D eigenvalue weighted by atomic mass is 16.5. The first-order valence-electron chi connectivity index (χ1n) is 6.42. The van der Waals surface area contributed by atoms with E-state index in [0.29, 0.717) is 17.1 Å². The average molecular weight is 271 g/mol. The molecule has 0 radical (unpaired) electrons. The van der Waals surface area contributed by atoms with E-state index in [4.69, 9.17) is 9.47 Å². The number of aromatic nitrogens is 1. The van der Waals surface area contributed by atoms with Gasteiger partial charge in [0.15, 0.2) is 0 Å². The maximum absolute atomic E-state index is 12.3. The van der Waals surface area contributed by atoms with Gasteiger partial charge in [0.25, 0.3) is 0 Å². The van der Waals surface area contributed by atoms with Gasteiger partial charge in [-0.1, -0.05) is 6.07 Å². The molecule has 0 aliphatic rings. The molecule has 0 spiro atoms. The first-order chi connectivity index (χ1) is 9.60. The van der Waals surface area contributed by atoms with Gasteiger partial charge in [-0.05, 0) is 44.2 Å². The van der Waals surface area contributed by atoms with Crippen LogP contribution in [0.3, 0.4) is 0 Å². The van der Waals surface area contributed by atoms with E-state index in [0.717, 1.165) is 5.75 Å². The van der Waals surface area contributed by atoms with Gasteiger partial charge in [-0.2, -0.15) is 0 Å². The van der Waals surface area contributed by atoms with Crippen LogP contribution < -0.4 is 9.47 Å². The van der Waals surface area contributed by atoms with Crippen LogP contribution in [0.1, 0.15) is 29.9 Å². The number of carbonyl (C=O) groups is 1. The van der Waals surface area contributed by atoms with Crippen LogP contribution in [0.25, 0.3) is 0 Å². The Bertz CT molecular complexity index is 591. The zero-order chi connectivity index (χ0) is 14.5. The quantitative estimate of drug-likeness (QED) is 0.784. The third-order valence-corrected chi connectivity index (χ3v) is 2.65. The molecule has 2 aromatic rings. The SMILES string of the molecule is COc1cccc(C(=O)c2ccc(OC(C)C)cc2)n1. The van der Waals surface area contributed by atoms with E-state index in [2.05, 4.69) is 4.98 Å². The number of hydrogen-bond donors (Lipinski definition) is 0. The fourth-order valence-corrected chi connectivity index (χ4v) is 1.76. The van der Waals surface area contributed by atoms with E-state index in [1.165, 1.54) is 7.11 Å². The van der Waals surface area contributed by atoms with Gasteiger partial charge in [-0.15, -0.1) is 0 Å². The summed E-state index contributed by atoms with van der Waals surface area (Å²) >= 11 is 0. The highest BCUT2D eigenvalue weighted by molar-refractivity contribution is 6.07. The highest BCUT2D eigenvalue weighted by Gasteiger charge is 2.11. The minimum atomic E-state index is -0.139. The van der Waals surface area contributed by atoms with Crippen LogP contribution in [-0.4, -0.2) is 24.0 Å². The van der Waals surface area contributed by atoms with Gasteiger partial charge in [0, 0.05) is 11.6 Å². The summed E-state index contributed by atoms with van der Waals surface area (Å²) in [5, 5.41) is 0. The second-order valence-electron chi connectivity index (χ2n) is 4.59. The topological polar surface area (TPSA) is 48.4 Å².